The summed E-state index contributed by atoms with van der Waals surface area (Å²) in [7, 11) is 0. The van der Waals surface area contributed by atoms with Gasteiger partial charge in [0.2, 0.25) is 0 Å². The lowest BCUT2D eigenvalue weighted by atomic mass is 9.83. The summed E-state index contributed by atoms with van der Waals surface area (Å²) in [6.45, 7) is 2.14. The summed E-state index contributed by atoms with van der Waals surface area (Å²) < 4.78 is 0. The number of nitrogens with zero attached hydrogens (tertiary/aromatic N) is 1. The minimum atomic E-state index is 0.976. The number of aromatic nitrogens is 1. The molecule has 0 aliphatic heterocycles. The second-order valence-electron chi connectivity index (χ2n) is 14.0. The van der Waals surface area contributed by atoms with Crippen LogP contribution in [0.4, 0.5) is 0 Å². The molecule has 10 rings (SSSR count). The molecule has 0 unspecified atom stereocenters. The highest BCUT2D eigenvalue weighted by atomic mass is 14.7. The molecule has 0 fully saturated rings. The fraction of sp³-hybridized carbons (Fsp3) is 0.0192. The third-order valence-corrected chi connectivity index (χ3v) is 10.8. The summed E-state index contributed by atoms with van der Waals surface area (Å²) in [5.74, 6) is 0. The lowest BCUT2D eigenvalue weighted by Crippen LogP contribution is -1.92. The molecule has 0 aliphatic carbocycles. The maximum atomic E-state index is 4.75. The molecule has 0 atom stereocenters. The van der Waals surface area contributed by atoms with E-state index in [-0.39, 0.29) is 0 Å². The van der Waals surface area contributed by atoms with E-state index >= 15 is 0 Å². The van der Waals surface area contributed by atoms with Gasteiger partial charge in [0, 0.05) is 11.8 Å². The Morgan fingerprint density at radius 2 is 0.830 bits per heavy atom. The summed E-state index contributed by atoms with van der Waals surface area (Å²) >= 11 is 0. The van der Waals surface area contributed by atoms with Gasteiger partial charge in [-0.05, 0) is 113 Å². The second-order valence-corrected chi connectivity index (χ2v) is 14.0. The van der Waals surface area contributed by atoms with Crippen molar-refractivity contribution < 1.29 is 0 Å². The molecule has 0 amide bonds. The van der Waals surface area contributed by atoms with Gasteiger partial charge in [0.1, 0.15) is 0 Å². The highest BCUT2D eigenvalue weighted by Crippen LogP contribution is 2.46. The third-order valence-electron chi connectivity index (χ3n) is 10.8. The Kier molecular flexibility index (Phi) is 7.44. The zero-order chi connectivity index (χ0) is 35.3. The number of aryl methyl sites for hydroxylation is 1. The highest BCUT2D eigenvalue weighted by molar-refractivity contribution is 6.24. The van der Waals surface area contributed by atoms with E-state index in [1.165, 1.54) is 87.6 Å². The predicted octanol–water partition coefficient (Wildman–Crippen LogP) is 14.3. The van der Waals surface area contributed by atoms with Gasteiger partial charge in [-0.25, -0.2) is 0 Å². The number of hydrogen-bond acceptors (Lipinski definition) is 1. The van der Waals surface area contributed by atoms with Crippen LogP contribution in [-0.2, 0) is 0 Å². The lowest BCUT2D eigenvalue weighted by Gasteiger charge is -2.20. The van der Waals surface area contributed by atoms with E-state index in [1.54, 1.807) is 0 Å². The number of benzene rings is 9. The van der Waals surface area contributed by atoms with E-state index in [9.17, 15) is 0 Å². The summed E-state index contributed by atoms with van der Waals surface area (Å²) in [6.07, 6.45) is 1.92. The average molecular weight is 674 g/mol. The van der Waals surface area contributed by atoms with Crippen LogP contribution in [-0.4, -0.2) is 4.98 Å². The van der Waals surface area contributed by atoms with Crippen LogP contribution in [0.1, 0.15) is 5.56 Å². The molecular weight excluding hydrogens is 639 g/mol. The van der Waals surface area contributed by atoms with Crippen molar-refractivity contribution in [2.24, 2.45) is 0 Å². The standard InChI is InChI=1S/C52H35N/c1-34-18-20-37(21-19-34)42-28-29-49(44-13-5-4-12-43(42)44)52-47-16-8-6-14-45(47)51(46-15-7-9-17-48(46)52)38-25-22-36(23-26-38)40-30-31-53-50(33-40)41-27-24-35-10-2-3-11-39(35)32-41/h2-33H,1H3. The normalized spacial score (nSPS) is 11.5. The number of rotatable bonds is 5. The molecule has 0 spiro atoms. The van der Waals surface area contributed by atoms with Crippen LogP contribution in [0.2, 0.25) is 0 Å². The topological polar surface area (TPSA) is 12.9 Å². The molecule has 1 nitrogen and oxygen atoms in total. The Labute approximate surface area is 309 Å². The Morgan fingerprint density at radius 3 is 1.51 bits per heavy atom. The van der Waals surface area contributed by atoms with Crippen molar-refractivity contribution in [1.82, 2.24) is 4.98 Å². The van der Waals surface area contributed by atoms with Crippen molar-refractivity contribution in [1.29, 1.82) is 0 Å². The first-order valence-electron chi connectivity index (χ1n) is 18.3. The van der Waals surface area contributed by atoms with Crippen molar-refractivity contribution in [3.05, 3.63) is 200 Å². The van der Waals surface area contributed by atoms with Crippen LogP contribution in [0.5, 0.6) is 0 Å². The van der Waals surface area contributed by atoms with Gasteiger partial charge in [-0.3, -0.25) is 4.98 Å². The van der Waals surface area contributed by atoms with Crippen LogP contribution < -0.4 is 0 Å². The molecule has 1 aromatic heterocycles. The van der Waals surface area contributed by atoms with Gasteiger partial charge < -0.3 is 0 Å². The van der Waals surface area contributed by atoms with Crippen LogP contribution in [0.15, 0.2) is 194 Å². The summed E-state index contributed by atoms with van der Waals surface area (Å²) in [6, 6.07) is 68.7. The minimum absolute atomic E-state index is 0.976. The summed E-state index contributed by atoms with van der Waals surface area (Å²) in [4.78, 5) is 4.75. The van der Waals surface area contributed by atoms with Gasteiger partial charge in [0.25, 0.3) is 0 Å². The lowest BCUT2D eigenvalue weighted by molar-refractivity contribution is 1.33. The molecule has 0 saturated carbocycles. The van der Waals surface area contributed by atoms with Gasteiger partial charge in [0.15, 0.2) is 0 Å². The fourth-order valence-electron chi connectivity index (χ4n) is 8.18. The largest absolute Gasteiger partial charge is 0.256 e. The molecule has 0 N–H and O–H groups in total. The van der Waals surface area contributed by atoms with Crippen molar-refractivity contribution in [2.75, 3.05) is 0 Å². The van der Waals surface area contributed by atoms with Crippen LogP contribution >= 0.6 is 0 Å². The van der Waals surface area contributed by atoms with Crippen molar-refractivity contribution in [3.8, 4) is 55.8 Å². The minimum Gasteiger partial charge on any atom is -0.256 e. The SMILES string of the molecule is Cc1ccc(-c2ccc(-c3c4ccccc4c(-c4ccc(-c5ccnc(-c6ccc7ccccc7c6)c5)cc4)c4ccccc34)c3ccccc23)cc1. The van der Waals surface area contributed by atoms with Gasteiger partial charge in [0.05, 0.1) is 5.69 Å². The summed E-state index contributed by atoms with van der Waals surface area (Å²) in [5, 5.41) is 10.0. The van der Waals surface area contributed by atoms with Crippen LogP contribution in [0.3, 0.4) is 0 Å². The van der Waals surface area contributed by atoms with E-state index in [4.69, 9.17) is 4.98 Å². The van der Waals surface area contributed by atoms with E-state index < -0.39 is 0 Å². The first-order valence-corrected chi connectivity index (χ1v) is 18.3. The van der Waals surface area contributed by atoms with E-state index in [0.717, 1.165) is 16.8 Å². The third kappa shape index (κ3) is 5.37. The van der Waals surface area contributed by atoms with Crippen molar-refractivity contribution in [2.45, 2.75) is 6.92 Å². The number of fused-ring (bicyclic) bond motifs is 4. The fourth-order valence-corrected chi connectivity index (χ4v) is 8.18. The van der Waals surface area contributed by atoms with E-state index in [0.29, 0.717) is 0 Å². The second kappa shape index (κ2) is 12.7. The van der Waals surface area contributed by atoms with Crippen molar-refractivity contribution in [3.63, 3.8) is 0 Å². The monoisotopic (exact) mass is 673 g/mol. The van der Waals surface area contributed by atoms with E-state index in [2.05, 4.69) is 195 Å². The first-order chi connectivity index (χ1) is 26.2. The molecule has 0 radical (unpaired) electrons. The molecule has 0 aliphatic rings. The maximum Gasteiger partial charge on any atom is 0.0708 e. The number of hydrogen-bond donors (Lipinski definition) is 0. The quantitative estimate of drug-likeness (QED) is 0.166. The highest BCUT2D eigenvalue weighted by Gasteiger charge is 2.19. The molecule has 9 aromatic carbocycles. The Hall–Kier alpha value is -6.83. The molecule has 10 aromatic rings. The first kappa shape index (κ1) is 30.9. The molecule has 53 heavy (non-hydrogen) atoms. The Morgan fingerprint density at radius 1 is 0.321 bits per heavy atom. The molecular formula is C52H35N. The molecule has 1 heterocycles. The molecule has 0 saturated heterocycles. The Bertz CT molecular complexity index is 2930. The van der Waals surface area contributed by atoms with E-state index in [1.807, 2.05) is 6.20 Å². The van der Waals surface area contributed by atoms with Crippen molar-refractivity contribution >= 4 is 43.1 Å². The van der Waals surface area contributed by atoms with Gasteiger partial charge in [-0.1, -0.05) is 175 Å². The summed E-state index contributed by atoms with van der Waals surface area (Å²) in [5.41, 5.74) is 13.2. The van der Waals surface area contributed by atoms with Crippen LogP contribution in [0.25, 0.3) is 98.9 Å². The van der Waals surface area contributed by atoms with Crippen LogP contribution in [0, 0.1) is 6.92 Å². The molecule has 248 valence electrons. The number of pyridine rings is 1. The van der Waals surface area contributed by atoms with Gasteiger partial charge >= 0.3 is 0 Å². The van der Waals surface area contributed by atoms with Gasteiger partial charge in [-0.15, -0.1) is 0 Å². The molecule has 0 bridgehead atoms. The maximum absolute atomic E-state index is 4.75. The zero-order valence-corrected chi connectivity index (χ0v) is 29.4. The average Bonchev–Trinajstić information content (AvgIpc) is 3.23. The zero-order valence-electron chi connectivity index (χ0n) is 29.4. The van der Waals surface area contributed by atoms with Gasteiger partial charge in [-0.2, -0.15) is 0 Å². The molecule has 1 heteroatoms. The smallest absolute Gasteiger partial charge is 0.0708 e. The predicted molar refractivity (Wildman–Crippen MR) is 226 cm³/mol. The Balaban J connectivity index is 1.10.